The molecule has 260 valence electrons. The summed E-state index contributed by atoms with van der Waals surface area (Å²) < 4.78 is 13.4. The van der Waals surface area contributed by atoms with Gasteiger partial charge in [-0.05, 0) is 50.4 Å². The molecule has 5 atom stereocenters. The van der Waals surface area contributed by atoms with E-state index < -0.39 is 29.4 Å². The van der Waals surface area contributed by atoms with Gasteiger partial charge in [0, 0.05) is 33.3 Å². The zero-order chi connectivity index (χ0) is 35.2. The number of hydrogen-bond donors (Lipinski definition) is 3. The van der Waals surface area contributed by atoms with Gasteiger partial charge in [0.15, 0.2) is 17.2 Å². The van der Waals surface area contributed by atoms with Gasteiger partial charge in [-0.2, -0.15) is 5.26 Å². The predicted molar refractivity (Wildman–Crippen MR) is 179 cm³/mol. The van der Waals surface area contributed by atoms with Crippen LogP contribution in [0.1, 0.15) is 82.5 Å². The van der Waals surface area contributed by atoms with Crippen LogP contribution in [0.3, 0.4) is 0 Å². The number of pyridine rings is 1. The maximum atomic E-state index is 13.4. The fourth-order valence-electron chi connectivity index (χ4n) is 5.48. The third-order valence-corrected chi connectivity index (χ3v) is 8.03. The summed E-state index contributed by atoms with van der Waals surface area (Å²) in [4.78, 5) is 53.3. The summed E-state index contributed by atoms with van der Waals surface area (Å²) in [5, 5.41) is 23.6. The number of aromatic nitrogens is 1. The van der Waals surface area contributed by atoms with Crippen LogP contribution in [0, 0.1) is 40.9 Å². The Morgan fingerprint density at radius 2 is 1.87 bits per heavy atom. The smallest absolute Gasteiger partial charge is 0.257 e. The fourth-order valence-corrected chi connectivity index (χ4v) is 5.63. The Balaban J connectivity index is 0.000000758. The number of nitrogens with one attached hydrogen (secondary N) is 2. The first kappa shape index (κ1) is 40.6. The van der Waals surface area contributed by atoms with E-state index in [-0.39, 0.29) is 43.4 Å². The molecule has 3 fully saturated rings. The van der Waals surface area contributed by atoms with Crippen LogP contribution in [-0.4, -0.2) is 81.9 Å². The Morgan fingerprint density at radius 1 is 1.24 bits per heavy atom. The normalized spacial score (nSPS) is 23.2. The molecule has 13 heteroatoms. The molecular weight excluding hydrogens is 615 g/mol. The molecule has 46 heavy (non-hydrogen) atoms. The topological polar surface area (TPSA) is 156 Å². The van der Waals surface area contributed by atoms with E-state index >= 15 is 0 Å². The van der Waals surface area contributed by atoms with Gasteiger partial charge in [-0.15, -0.1) is 0 Å². The number of halogens is 2. The fraction of sp³-hybridized carbons (Fsp3) is 0.697. The van der Waals surface area contributed by atoms with E-state index in [2.05, 4.69) is 43.3 Å². The third-order valence-electron chi connectivity index (χ3n) is 7.82. The first-order valence-electron chi connectivity index (χ1n) is 16.1. The molecule has 4 rings (SSSR count). The molecule has 3 N–H and O–H groups in total. The lowest BCUT2D eigenvalue weighted by atomic mass is 9.75. The molecule has 0 spiro atoms. The Labute approximate surface area is 279 Å². The number of carbonyl (C=O) groups is 4. The monoisotopic (exact) mass is 668 g/mol. The molecule has 3 aliphatic rings. The first-order valence-corrected chi connectivity index (χ1v) is 16.5. The van der Waals surface area contributed by atoms with Crippen molar-refractivity contribution in [3.8, 4) is 11.8 Å². The predicted octanol–water partition coefficient (Wildman–Crippen LogP) is 5.43. The number of carbonyl (C=O) groups excluding carboxylic acids is 4. The largest absolute Gasteiger partial charge is 0.504 e. The van der Waals surface area contributed by atoms with Gasteiger partial charge in [0.05, 0.1) is 23.6 Å². The average Bonchev–Trinajstić information content (AvgIpc) is 3.63. The summed E-state index contributed by atoms with van der Waals surface area (Å²) >= 11 is 5.64. The quantitative estimate of drug-likeness (QED) is 0.341. The van der Waals surface area contributed by atoms with Crippen LogP contribution in [0.15, 0.2) is 12.3 Å². The maximum Gasteiger partial charge on any atom is 0.257 e. The van der Waals surface area contributed by atoms with Crippen molar-refractivity contribution in [1.82, 2.24) is 20.1 Å². The number of alkyl halides is 1. The molecule has 2 aliphatic heterocycles. The molecule has 2 saturated heterocycles. The molecule has 0 radical (unpaired) electrons. The van der Waals surface area contributed by atoms with Gasteiger partial charge >= 0.3 is 0 Å². The number of aromatic hydroxyl groups is 1. The molecule has 11 nitrogen and oxygen atoms in total. The van der Waals surface area contributed by atoms with Crippen LogP contribution in [0.2, 0.25) is 5.02 Å². The maximum absolute atomic E-state index is 13.4. The summed E-state index contributed by atoms with van der Waals surface area (Å²) in [6.07, 6.45) is 5.80. The molecule has 0 aromatic carbocycles. The van der Waals surface area contributed by atoms with Crippen molar-refractivity contribution in [2.75, 3.05) is 31.5 Å². The van der Waals surface area contributed by atoms with Crippen LogP contribution < -0.4 is 10.6 Å². The second-order valence-electron chi connectivity index (χ2n) is 12.9. The number of likely N-dealkylation sites (tertiary alicyclic amines) is 2. The first-order chi connectivity index (χ1) is 21.6. The Bertz CT molecular complexity index is 1210. The van der Waals surface area contributed by atoms with Crippen molar-refractivity contribution in [3.05, 3.63) is 17.3 Å². The summed E-state index contributed by atoms with van der Waals surface area (Å²) in [6.45, 7) is 16.8. The third kappa shape index (κ3) is 12.7. The number of fused-ring (bicyclic) bond motifs is 1. The van der Waals surface area contributed by atoms with Crippen LogP contribution in [0.25, 0.3) is 0 Å². The SMILES string of the molecule is CC.CC(C)C.C[C@@H]1CCCC2CN(C(=O)CNC(=O)C(C)(C)F)CC21.N#CC1C[C@H](C(=O)Nc2ncc(Cl)cc2O)CN1C=O.[HH]. The van der Waals surface area contributed by atoms with E-state index in [1.54, 1.807) is 0 Å². The molecular formula is C33H54ClFN6O5. The number of nitrogens with zero attached hydrogens (tertiary/aromatic N) is 4. The van der Waals surface area contributed by atoms with Crippen molar-refractivity contribution < 1.29 is 30.1 Å². The van der Waals surface area contributed by atoms with Gasteiger partial charge < -0.3 is 25.5 Å². The molecule has 1 aromatic heterocycles. The summed E-state index contributed by atoms with van der Waals surface area (Å²) in [6, 6.07) is 2.62. The van der Waals surface area contributed by atoms with E-state index in [9.17, 15) is 28.7 Å². The van der Waals surface area contributed by atoms with Crippen LogP contribution >= 0.6 is 11.6 Å². The molecule has 4 amide bonds. The molecule has 1 saturated carbocycles. The van der Waals surface area contributed by atoms with Gasteiger partial charge in [-0.1, -0.05) is 66.0 Å². The number of nitriles is 1. The minimum atomic E-state index is -1.94. The van der Waals surface area contributed by atoms with Crippen molar-refractivity contribution in [3.63, 3.8) is 0 Å². The van der Waals surface area contributed by atoms with Gasteiger partial charge in [-0.3, -0.25) is 19.2 Å². The Hall–Kier alpha value is -3.46. The van der Waals surface area contributed by atoms with E-state index in [0.29, 0.717) is 24.2 Å². The van der Waals surface area contributed by atoms with E-state index in [4.69, 9.17) is 16.9 Å². The lowest BCUT2D eigenvalue weighted by molar-refractivity contribution is -0.135. The highest BCUT2D eigenvalue weighted by Crippen LogP contribution is 2.39. The standard InChI is InChI=1S/C15H25FN2O2.C12H11ClN4O3.C4H10.C2H6.H2/c1-10-5-4-6-11-8-18(9-12(10)11)13(19)7-17-14(20)15(2,3)16;13-8-2-10(19)11(15-4-8)16-12(20)7-1-9(3-14)17(5-7)6-18;1-4(2)3;1-2;/h10-12H,4-9H2,1-3H3,(H,17,20);2,4,6-7,9,19H,1,5H2,(H,15,16,20);4H,1-3H3;1-2H3;1H/t10-,11?,12?;7-,9?;;;/m10.../s1. The van der Waals surface area contributed by atoms with E-state index in [1.807, 2.05) is 24.8 Å². The Morgan fingerprint density at radius 3 is 2.37 bits per heavy atom. The van der Waals surface area contributed by atoms with Gasteiger partial charge in [-0.25, -0.2) is 9.37 Å². The molecule has 3 heterocycles. The van der Waals surface area contributed by atoms with Crippen molar-refractivity contribution in [2.24, 2.45) is 29.6 Å². The minimum absolute atomic E-state index is 0. The second-order valence-corrected chi connectivity index (χ2v) is 13.3. The highest BCUT2D eigenvalue weighted by atomic mass is 35.5. The number of anilines is 1. The minimum Gasteiger partial charge on any atom is -0.504 e. The highest BCUT2D eigenvalue weighted by molar-refractivity contribution is 6.30. The van der Waals surface area contributed by atoms with Crippen molar-refractivity contribution in [1.29, 1.82) is 5.26 Å². The molecule has 3 unspecified atom stereocenters. The number of amides is 4. The van der Waals surface area contributed by atoms with Crippen LogP contribution in [0.4, 0.5) is 10.2 Å². The lowest BCUT2D eigenvalue weighted by Crippen LogP contribution is -2.45. The molecule has 1 aromatic rings. The van der Waals surface area contributed by atoms with E-state index in [1.165, 1.54) is 50.3 Å². The van der Waals surface area contributed by atoms with Crippen LogP contribution in [0.5, 0.6) is 5.75 Å². The second kappa shape index (κ2) is 19.3. The van der Waals surface area contributed by atoms with Crippen molar-refractivity contribution >= 4 is 41.6 Å². The van der Waals surface area contributed by atoms with Crippen LogP contribution in [-0.2, 0) is 19.2 Å². The number of rotatable bonds is 6. The highest BCUT2D eigenvalue weighted by Gasteiger charge is 2.40. The van der Waals surface area contributed by atoms with Gasteiger partial charge in [0.25, 0.3) is 5.91 Å². The summed E-state index contributed by atoms with van der Waals surface area (Å²) in [5.74, 6) is 0.731. The molecule has 1 aliphatic carbocycles. The summed E-state index contributed by atoms with van der Waals surface area (Å²) in [5.41, 5.74) is -1.94. The van der Waals surface area contributed by atoms with Gasteiger partial charge in [0.2, 0.25) is 18.2 Å². The van der Waals surface area contributed by atoms with E-state index in [0.717, 1.165) is 19.0 Å². The average molecular weight is 669 g/mol. The van der Waals surface area contributed by atoms with Crippen molar-refractivity contribution in [2.45, 2.75) is 92.8 Å². The Kier molecular flexibility index (Phi) is 17.0. The van der Waals surface area contributed by atoms with Gasteiger partial charge in [0.1, 0.15) is 6.04 Å². The lowest BCUT2D eigenvalue weighted by Gasteiger charge is -2.29. The zero-order valence-electron chi connectivity index (χ0n) is 28.5. The number of hydrogen-bond acceptors (Lipinski definition) is 7. The summed E-state index contributed by atoms with van der Waals surface area (Å²) in [7, 11) is 0. The molecule has 0 bridgehead atoms. The zero-order valence-corrected chi connectivity index (χ0v) is 29.2.